The Bertz CT molecular complexity index is 533. The molecule has 0 unspecified atom stereocenters. The van der Waals surface area contributed by atoms with Crippen molar-refractivity contribution < 1.29 is 0 Å². The Labute approximate surface area is 97.6 Å². The van der Waals surface area contributed by atoms with Gasteiger partial charge in [-0.2, -0.15) is 0 Å². The molecule has 0 spiro atoms. The van der Waals surface area contributed by atoms with E-state index < -0.39 is 0 Å². The highest BCUT2D eigenvalue weighted by molar-refractivity contribution is 5.90. The summed E-state index contributed by atoms with van der Waals surface area (Å²) in [6, 6.07) is 13.1. The zero-order valence-corrected chi connectivity index (χ0v) is 10.2. The van der Waals surface area contributed by atoms with Crippen LogP contribution in [0.5, 0.6) is 0 Å². The summed E-state index contributed by atoms with van der Waals surface area (Å²) in [7, 11) is 0. The first-order chi connectivity index (χ1) is 7.77. The molecule has 2 aromatic carbocycles. The Kier molecular flexibility index (Phi) is 3.09. The van der Waals surface area contributed by atoms with Crippen LogP contribution >= 0.6 is 0 Å². The molecule has 0 bridgehead atoms. The summed E-state index contributed by atoms with van der Waals surface area (Å²) < 4.78 is 0. The van der Waals surface area contributed by atoms with Crippen molar-refractivity contribution >= 4 is 16.3 Å². The van der Waals surface area contributed by atoms with Crippen molar-refractivity contribution in [3.63, 3.8) is 0 Å². The normalized spacial score (nSPS) is 12.1. The SMILES string of the molecule is C/C=C(/C)c1ccc2ccccc2c1CC. The van der Waals surface area contributed by atoms with Crippen molar-refractivity contribution in [2.45, 2.75) is 27.2 Å². The van der Waals surface area contributed by atoms with Crippen LogP contribution in [0.3, 0.4) is 0 Å². The van der Waals surface area contributed by atoms with Gasteiger partial charge in [0.2, 0.25) is 0 Å². The van der Waals surface area contributed by atoms with Gasteiger partial charge in [-0.15, -0.1) is 0 Å². The van der Waals surface area contributed by atoms with Crippen LogP contribution in [0.2, 0.25) is 0 Å². The van der Waals surface area contributed by atoms with Gasteiger partial charge in [-0.3, -0.25) is 0 Å². The van der Waals surface area contributed by atoms with E-state index in [9.17, 15) is 0 Å². The van der Waals surface area contributed by atoms with Gasteiger partial charge in [0, 0.05) is 0 Å². The minimum Gasteiger partial charge on any atom is -0.0841 e. The van der Waals surface area contributed by atoms with Crippen molar-refractivity contribution in [2.24, 2.45) is 0 Å². The monoisotopic (exact) mass is 210 g/mol. The minimum absolute atomic E-state index is 1.09. The van der Waals surface area contributed by atoms with E-state index in [0.29, 0.717) is 0 Å². The first-order valence-electron chi connectivity index (χ1n) is 5.91. The number of hydrogen-bond acceptors (Lipinski definition) is 0. The third-order valence-electron chi connectivity index (χ3n) is 3.25. The van der Waals surface area contributed by atoms with E-state index in [2.05, 4.69) is 63.2 Å². The maximum atomic E-state index is 2.25. The average molecular weight is 210 g/mol. The maximum Gasteiger partial charge on any atom is -0.0146 e. The highest BCUT2D eigenvalue weighted by Crippen LogP contribution is 2.27. The molecule has 0 radical (unpaired) electrons. The van der Waals surface area contributed by atoms with E-state index in [1.54, 1.807) is 0 Å². The van der Waals surface area contributed by atoms with Gasteiger partial charge < -0.3 is 0 Å². The molecule has 16 heavy (non-hydrogen) atoms. The predicted molar refractivity (Wildman–Crippen MR) is 72.7 cm³/mol. The van der Waals surface area contributed by atoms with E-state index in [0.717, 1.165) is 6.42 Å². The molecule has 0 aliphatic carbocycles. The first-order valence-corrected chi connectivity index (χ1v) is 5.91. The summed E-state index contributed by atoms with van der Waals surface area (Å²) >= 11 is 0. The van der Waals surface area contributed by atoms with Crippen LogP contribution in [0.25, 0.3) is 16.3 Å². The van der Waals surface area contributed by atoms with Crippen molar-refractivity contribution in [3.8, 4) is 0 Å². The Balaban J connectivity index is 2.78. The third-order valence-corrected chi connectivity index (χ3v) is 3.25. The minimum atomic E-state index is 1.09. The number of allylic oxidation sites excluding steroid dienone is 2. The molecular formula is C16H18. The predicted octanol–water partition coefficient (Wildman–Crippen LogP) is 4.83. The molecule has 0 aliphatic heterocycles. The standard InChI is InChI=1S/C16H18/c1-4-12(3)15-11-10-13-8-6-7-9-16(13)14(15)5-2/h4,6-11H,5H2,1-3H3/b12-4-. The van der Waals surface area contributed by atoms with Gasteiger partial charge in [0.05, 0.1) is 0 Å². The quantitative estimate of drug-likeness (QED) is 0.666. The lowest BCUT2D eigenvalue weighted by Gasteiger charge is -2.11. The lowest BCUT2D eigenvalue weighted by Crippen LogP contribution is -1.92. The van der Waals surface area contributed by atoms with Crippen LogP contribution < -0.4 is 0 Å². The second-order valence-corrected chi connectivity index (χ2v) is 4.14. The summed E-state index contributed by atoms with van der Waals surface area (Å²) in [5, 5.41) is 2.73. The molecule has 0 saturated heterocycles. The molecule has 0 fully saturated rings. The van der Waals surface area contributed by atoms with Gasteiger partial charge in [0.15, 0.2) is 0 Å². The summed E-state index contributed by atoms with van der Waals surface area (Å²) in [5.74, 6) is 0. The summed E-state index contributed by atoms with van der Waals surface area (Å²) in [6.45, 7) is 6.52. The summed E-state index contributed by atoms with van der Waals surface area (Å²) in [4.78, 5) is 0. The van der Waals surface area contributed by atoms with Crippen molar-refractivity contribution in [1.82, 2.24) is 0 Å². The molecule has 2 aromatic rings. The zero-order valence-electron chi connectivity index (χ0n) is 10.2. The molecule has 0 atom stereocenters. The van der Waals surface area contributed by atoms with Gasteiger partial charge in [-0.1, -0.05) is 49.4 Å². The first kappa shape index (κ1) is 10.9. The largest absolute Gasteiger partial charge is 0.0841 e. The molecule has 2 rings (SSSR count). The van der Waals surface area contributed by atoms with Crippen molar-refractivity contribution in [3.05, 3.63) is 53.6 Å². The van der Waals surface area contributed by atoms with E-state index in [4.69, 9.17) is 0 Å². The third kappa shape index (κ3) is 1.76. The average Bonchev–Trinajstić information content (AvgIpc) is 2.36. The lowest BCUT2D eigenvalue weighted by atomic mass is 9.93. The second-order valence-electron chi connectivity index (χ2n) is 4.14. The van der Waals surface area contributed by atoms with Crippen LogP contribution in [-0.2, 0) is 6.42 Å². The van der Waals surface area contributed by atoms with E-state index in [1.165, 1.54) is 27.5 Å². The molecule has 0 heterocycles. The fourth-order valence-corrected chi connectivity index (χ4v) is 2.24. The fraction of sp³-hybridized carbons (Fsp3) is 0.250. The Morgan fingerprint density at radius 3 is 2.56 bits per heavy atom. The lowest BCUT2D eigenvalue weighted by molar-refractivity contribution is 1.15. The van der Waals surface area contributed by atoms with Crippen LogP contribution in [0.1, 0.15) is 31.9 Å². The van der Waals surface area contributed by atoms with Crippen LogP contribution in [0.15, 0.2) is 42.5 Å². The van der Waals surface area contributed by atoms with E-state index in [-0.39, 0.29) is 0 Å². The number of aryl methyl sites for hydroxylation is 1. The number of benzene rings is 2. The molecular weight excluding hydrogens is 192 g/mol. The Hall–Kier alpha value is -1.56. The molecule has 0 nitrogen and oxygen atoms in total. The molecule has 0 N–H and O–H groups in total. The molecule has 0 aliphatic rings. The maximum absolute atomic E-state index is 2.25. The van der Waals surface area contributed by atoms with Crippen LogP contribution in [0.4, 0.5) is 0 Å². The van der Waals surface area contributed by atoms with Gasteiger partial charge in [-0.25, -0.2) is 0 Å². The highest BCUT2D eigenvalue weighted by Gasteiger charge is 2.06. The molecule has 0 saturated carbocycles. The highest BCUT2D eigenvalue weighted by atomic mass is 14.1. The number of hydrogen-bond donors (Lipinski definition) is 0. The second kappa shape index (κ2) is 4.52. The summed E-state index contributed by atoms with van der Waals surface area (Å²) in [6.07, 6.45) is 3.27. The van der Waals surface area contributed by atoms with Gasteiger partial charge in [-0.05, 0) is 47.7 Å². The Morgan fingerprint density at radius 1 is 1.12 bits per heavy atom. The van der Waals surface area contributed by atoms with E-state index >= 15 is 0 Å². The smallest absolute Gasteiger partial charge is 0.0146 e. The zero-order chi connectivity index (χ0) is 11.5. The van der Waals surface area contributed by atoms with Gasteiger partial charge in [0.1, 0.15) is 0 Å². The van der Waals surface area contributed by atoms with Gasteiger partial charge in [0.25, 0.3) is 0 Å². The summed E-state index contributed by atoms with van der Waals surface area (Å²) in [5.41, 5.74) is 4.22. The molecule has 0 aromatic heterocycles. The Morgan fingerprint density at radius 2 is 1.88 bits per heavy atom. The molecule has 82 valence electrons. The topological polar surface area (TPSA) is 0 Å². The number of rotatable bonds is 2. The van der Waals surface area contributed by atoms with Crippen molar-refractivity contribution in [2.75, 3.05) is 0 Å². The van der Waals surface area contributed by atoms with E-state index in [1.807, 2.05) is 0 Å². The van der Waals surface area contributed by atoms with Crippen molar-refractivity contribution in [1.29, 1.82) is 0 Å². The van der Waals surface area contributed by atoms with Crippen LogP contribution in [0, 0.1) is 0 Å². The van der Waals surface area contributed by atoms with Crippen LogP contribution in [-0.4, -0.2) is 0 Å². The number of fused-ring (bicyclic) bond motifs is 1. The fourth-order valence-electron chi connectivity index (χ4n) is 2.24. The molecule has 0 heteroatoms. The van der Waals surface area contributed by atoms with Gasteiger partial charge >= 0.3 is 0 Å². The molecule has 0 amide bonds.